The molecule has 2 aromatic rings. The zero-order valence-electron chi connectivity index (χ0n) is 12.1. The maximum absolute atomic E-state index is 4.41. The van der Waals surface area contributed by atoms with Gasteiger partial charge in [0.15, 0.2) is 5.82 Å². The van der Waals surface area contributed by atoms with E-state index < -0.39 is 0 Å². The minimum Gasteiger partial charge on any atom is -0.368 e. The van der Waals surface area contributed by atoms with Crippen molar-refractivity contribution in [2.75, 3.05) is 11.9 Å². The van der Waals surface area contributed by atoms with Crippen molar-refractivity contribution in [3.8, 4) is 11.3 Å². The fourth-order valence-corrected chi connectivity index (χ4v) is 2.11. The van der Waals surface area contributed by atoms with E-state index in [1.54, 1.807) is 0 Å². The third-order valence-corrected chi connectivity index (χ3v) is 3.47. The van der Waals surface area contributed by atoms with Gasteiger partial charge in [0, 0.05) is 12.1 Å². The summed E-state index contributed by atoms with van der Waals surface area (Å²) in [5, 5.41) is 12.1. The Hall–Kier alpha value is -1.90. The Kier molecular flexibility index (Phi) is 4.15. The second-order valence-electron chi connectivity index (χ2n) is 4.89. The van der Waals surface area contributed by atoms with Crippen molar-refractivity contribution in [3.05, 3.63) is 41.0 Å². The highest BCUT2D eigenvalue weighted by Crippen LogP contribution is 2.27. The van der Waals surface area contributed by atoms with E-state index in [9.17, 15) is 0 Å². The summed E-state index contributed by atoms with van der Waals surface area (Å²) in [5.41, 5.74) is 5.76. The lowest BCUT2D eigenvalue weighted by atomic mass is 10.00. The van der Waals surface area contributed by atoms with Crippen molar-refractivity contribution < 1.29 is 0 Å². The Morgan fingerprint density at radius 3 is 2.42 bits per heavy atom. The van der Waals surface area contributed by atoms with Gasteiger partial charge in [-0.05, 0) is 43.9 Å². The molecule has 0 saturated heterocycles. The summed E-state index contributed by atoms with van der Waals surface area (Å²) in [4.78, 5) is 0. The molecule has 100 valence electrons. The van der Waals surface area contributed by atoms with E-state index >= 15 is 0 Å². The molecule has 0 saturated carbocycles. The largest absolute Gasteiger partial charge is 0.368 e. The summed E-state index contributed by atoms with van der Waals surface area (Å²) in [6, 6.07) is 8.30. The first-order valence-electron chi connectivity index (χ1n) is 6.79. The lowest BCUT2D eigenvalue weighted by Gasteiger charge is -2.13. The van der Waals surface area contributed by atoms with Crippen LogP contribution in [-0.2, 0) is 0 Å². The van der Waals surface area contributed by atoms with E-state index in [0.29, 0.717) is 0 Å². The van der Waals surface area contributed by atoms with Crippen LogP contribution in [0, 0.1) is 20.8 Å². The summed E-state index contributed by atoms with van der Waals surface area (Å²) in [6.07, 6.45) is 1.08. The van der Waals surface area contributed by atoms with Crippen LogP contribution in [-0.4, -0.2) is 16.7 Å². The first-order chi connectivity index (χ1) is 9.15. The smallest absolute Gasteiger partial charge is 0.151 e. The average molecular weight is 255 g/mol. The number of nitrogens with one attached hydrogen (secondary N) is 1. The normalized spacial score (nSPS) is 10.5. The molecular formula is C16H21N3. The maximum atomic E-state index is 4.41. The van der Waals surface area contributed by atoms with Gasteiger partial charge in [0.1, 0.15) is 0 Å². The van der Waals surface area contributed by atoms with Gasteiger partial charge in [-0.1, -0.05) is 31.2 Å². The van der Waals surface area contributed by atoms with Gasteiger partial charge in [0.2, 0.25) is 0 Å². The molecule has 0 aliphatic carbocycles. The molecule has 1 heterocycles. The van der Waals surface area contributed by atoms with Crippen LogP contribution in [0.4, 0.5) is 5.82 Å². The van der Waals surface area contributed by atoms with Gasteiger partial charge in [-0.3, -0.25) is 0 Å². The third kappa shape index (κ3) is 2.75. The fourth-order valence-electron chi connectivity index (χ4n) is 2.11. The highest BCUT2D eigenvalue weighted by atomic mass is 15.2. The van der Waals surface area contributed by atoms with Crippen LogP contribution in [0.15, 0.2) is 24.3 Å². The average Bonchev–Trinajstić information content (AvgIpc) is 2.42. The second-order valence-corrected chi connectivity index (χ2v) is 4.89. The number of aryl methyl sites for hydroxylation is 1. The zero-order valence-corrected chi connectivity index (χ0v) is 12.1. The summed E-state index contributed by atoms with van der Waals surface area (Å²) in [7, 11) is 0. The van der Waals surface area contributed by atoms with Crippen LogP contribution in [0.2, 0.25) is 0 Å². The topological polar surface area (TPSA) is 37.8 Å². The van der Waals surface area contributed by atoms with Crippen LogP contribution in [0.5, 0.6) is 0 Å². The van der Waals surface area contributed by atoms with Crippen molar-refractivity contribution >= 4 is 5.82 Å². The number of aromatic nitrogens is 2. The first-order valence-corrected chi connectivity index (χ1v) is 6.79. The Bertz CT molecular complexity index is 576. The van der Waals surface area contributed by atoms with E-state index in [1.165, 1.54) is 16.7 Å². The molecule has 0 radical (unpaired) electrons. The van der Waals surface area contributed by atoms with Crippen LogP contribution < -0.4 is 5.32 Å². The summed E-state index contributed by atoms with van der Waals surface area (Å²) in [5.74, 6) is 0.900. The van der Waals surface area contributed by atoms with Crippen molar-refractivity contribution in [2.24, 2.45) is 0 Å². The second kappa shape index (κ2) is 5.83. The Balaban J connectivity index is 2.44. The maximum Gasteiger partial charge on any atom is 0.151 e. The predicted molar refractivity (Wildman–Crippen MR) is 80.5 cm³/mol. The molecule has 0 fully saturated rings. The minimum atomic E-state index is 0.900. The summed E-state index contributed by atoms with van der Waals surface area (Å²) in [6.45, 7) is 9.39. The van der Waals surface area contributed by atoms with Gasteiger partial charge < -0.3 is 5.32 Å². The molecule has 0 amide bonds. The lowest BCUT2D eigenvalue weighted by Crippen LogP contribution is -2.07. The van der Waals surface area contributed by atoms with Gasteiger partial charge in [-0.2, -0.15) is 0 Å². The highest BCUT2D eigenvalue weighted by molar-refractivity contribution is 5.69. The first kappa shape index (κ1) is 13.5. The van der Waals surface area contributed by atoms with Gasteiger partial charge in [-0.25, -0.2) is 0 Å². The standard InChI is InChI=1S/C16H21N3/c1-5-10-17-16-13(4)12(3)15(18-19-16)14-9-7-6-8-11(14)2/h6-9H,5,10H2,1-4H3,(H,17,19). The van der Waals surface area contributed by atoms with Crippen LogP contribution >= 0.6 is 0 Å². The van der Waals surface area contributed by atoms with Crippen LogP contribution in [0.3, 0.4) is 0 Å². The van der Waals surface area contributed by atoms with E-state index in [1.807, 2.05) is 12.1 Å². The SMILES string of the molecule is CCCNc1nnc(-c2ccccc2C)c(C)c1C. The minimum absolute atomic E-state index is 0.900. The summed E-state index contributed by atoms with van der Waals surface area (Å²) < 4.78 is 0. The highest BCUT2D eigenvalue weighted by Gasteiger charge is 2.12. The van der Waals surface area contributed by atoms with Crippen molar-refractivity contribution in [1.82, 2.24) is 10.2 Å². The van der Waals surface area contributed by atoms with E-state index in [0.717, 1.165) is 30.0 Å². The summed E-state index contributed by atoms with van der Waals surface area (Å²) >= 11 is 0. The predicted octanol–water partition coefficient (Wildman–Crippen LogP) is 3.89. The number of hydrogen-bond acceptors (Lipinski definition) is 3. The quantitative estimate of drug-likeness (QED) is 0.900. The molecule has 0 aliphatic rings. The Labute approximate surface area is 115 Å². The lowest BCUT2D eigenvalue weighted by molar-refractivity contribution is 0.932. The Morgan fingerprint density at radius 2 is 1.74 bits per heavy atom. The molecule has 1 aromatic carbocycles. The van der Waals surface area contributed by atoms with Crippen LogP contribution in [0.25, 0.3) is 11.3 Å². The molecule has 1 aromatic heterocycles. The molecule has 0 spiro atoms. The number of hydrogen-bond donors (Lipinski definition) is 1. The van der Waals surface area contributed by atoms with Gasteiger partial charge >= 0.3 is 0 Å². The molecular weight excluding hydrogens is 234 g/mol. The van der Waals surface area contributed by atoms with Gasteiger partial charge in [-0.15, -0.1) is 10.2 Å². The van der Waals surface area contributed by atoms with E-state index in [-0.39, 0.29) is 0 Å². The molecule has 19 heavy (non-hydrogen) atoms. The fraction of sp³-hybridized carbons (Fsp3) is 0.375. The number of benzene rings is 1. The molecule has 0 aliphatic heterocycles. The van der Waals surface area contributed by atoms with Crippen molar-refractivity contribution in [2.45, 2.75) is 34.1 Å². The molecule has 1 N–H and O–H groups in total. The van der Waals surface area contributed by atoms with Gasteiger partial charge in [0.25, 0.3) is 0 Å². The molecule has 3 heteroatoms. The third-order valence-electron chi connectivity index (χ3n) is 3.47. The monoisotopic (exact) mass is 255 g/mol. The Morgan fingerprint density at radius 1 is 1.00 bits per heavy atom. The number of nitrogens with zero attached hydrogens (tertiary/aromatic N) is 2. The molecule has 0 bridgehead atoms. The van der Waals surface area contributed by atoms with Gasteiger partial charge in [0.05, 0.1) is 5.69 Å². The molecule has 0 atom stereocenters. The molecule has 0 unspecified atom stereocenters. The van der Waals surface area contributed by atoms with E-state index in [4.69, 9.17) is 0 Å². The van der Waals surface area contributed by atoms with E-state index in [2.05, 4.69) is 55.3 Å². The molecule has 3 nitrogen and oxygen atoms in total. The molecule has 2 rings (SSSR count). The number of rotatable bonds is 4. The number of anilines is 1. The zero-order chi connectivity index (χ0) is 13.8. The van der Waals surface area contributed by atoms with Crippen molar-refractivity contribution in [1.29, 1.82) is 0 Å². The van der Waals surface area contributed by atoms with Crippen LogP contribution in [0.1, 0.15) is 30.0 Å². The van der Waals surface area contributed by atoms with Crippen molar-refractivity contribution in [3.63, 3.8) is 0 Å².